The van der Waals surface area contributed by atoms with Crippen molar-refractivity contribution in [2.45, 2.75) is 13.3 Å². The van der Waals surface area contributed by atoms with Gasteiger partial charge in [-0.05, 0) is 43.3 Å². The molecule has 168 valence electrons. The van der Waals surface area contributed by atoms with Gasteiger partial charge in [-0.1, -0.05) is 18.2 Å². The van der Waals surface area contributed by atoms with Gasteiger partial charge in [-0.2, -0.15) is 5.10 Å². The van der Waals surface area contributed by atoms with Crippen molar-refractivity contribution in [2.24, 2.45) is 5.10 Å². The Morgan fingerprint density at radius 1 is 0.939 bits per heavy atom. The van der Waals surface area contributed by atoms with Crippen LogP contribution < -0.4 is 20.2 Å². The van der Waals surface area contributed by atoms with E-state index in [0.717, 1.165) is 16.4 Å². The van der Waals surface area contributed by atoms with Gasteiger partial charge < -0.3 is 19.2 Å². The number of carbonyl (C=O) groups is 2. The van der Waals surface area contributed by atoms with Gasteiger partial charge in [-0.3, -0.25) is 9.59 Å². The van der Waals surface area contributed by atoms with Crippen LogP contribution in [0.15, 0.2) is 70.2 Å². The molecule has 1 heterocycles. The molecule has 2 N–H and O–H groups in total. The second kappa shape index (κ2) is 9.44. The van der Waals surface area contributed by atoms with Gasteiger partial charge in [0.05, 0.1) is 26.3 Å². The quantitative estimate of drug-likeness (QED) is 0.316. The van der Waals surface area contributed by atoms with Gasteiger partial charge in [0, 0.05) is 28.1 Å². The second-order valence-corrected chi connectivity index (χ2v) is 7.39. The molecule has 0 unspecified atom stereocenters. The number of hydrazone groups is 1. The number of anilines is 1. The molecule has 0 aliphatic carbocycles. The molecule has 2 amide bonds. The Bertz CT molecular complexity index is 1360. The zero-order chi connectivity index (χ0) is 23.4. The number of para-hydroxylation sites is 1. The van der Waals surface area contributed by atoms with Gasteiger partial charge >= 0.3 is 0 Å². The molecule has 0 saturated heterocycles. The molecule has 0 fully saturated rings. The predicted octanol–water partition coefficient (Wildman–Crippen LogP) is 4.74. The number of nitrogens with zero attached hydrogens (tertiary/aromatic N) is 1. The third kappa shape index (κ3) is 4.79. The summed E-state index contributed by atoms with van der Waals surface area (Å²) in [5.74, 6) is 0.488. The van der Waals surface area contributed by atoms with Crippen LogP contribution in [-0.4, -0.2) is 31.7 Å². The molecular formula is C25H23N3O5. The Labute approximate surface area is 190 Å². The SMILES string of the molecule is COc1ccc(C(=O)NN=C(C)CC(=O)Nc2cc3oc4ccccc4c3cc2OC)cc1. The Balaban J connectivity index is 1.44. The van der Waals surface area contributed by atoms with Crippen LogP contribution >= 0.6 is 0 Å². The number of carbonyl (C=O) groups excluding carboxylic acids is 2. The maximum absolute atomic E-state index is 12.6. The molecule has 3 aromatic carbocycles. The molecule has 0 aliphatic heterocycles. The maximum Gasteiger partial charge on any atom is 0.271 e. The highest BCUT2D eigenvalue weighted by molar-refractivity contribution is 6.10. The number of methoxy groups -OCH3 is 2. The van der Waals surface area contributed by atoms with Crippen LogP contribution in [0, 0.1) is 0 Å². The van der Waals surface area contributed by atoms with Crippen molar-refractivity contribution < 1.29 is 23.5 Å². The molecule has 1 aromatic heterocycles. The van der Waals surface area contributed by atoms with Crippen LogP contribution in [0.5, 0.6) is 11.5 Å². The molecule has 0 saturated carbocycles. The minimum absolute atomic E-state index is 0.00971. The first-order valence-corrected chi connectivity index (χ1v) is 10.2. The topological polar surface area (TPSA) is 102 Å². The van der Waals surface area contributed by atoms with E-state index in [1.807, 2.05) is 30.3 Å². The van der Waals surface area contributed by atoms with E-state index < -0.39 is 0 Å². The summed E-state index contributed by atoms with van der Waals surface area (Å²) in [5, 5.41) is 8.72. The predicted molar refractivity (Wildman–Crippen MR) is 127 cm³/mol. The van der Waals surface area contributed by atoms with Crippen molar-refractivity contribution in [3.63, 3.8) is 0 Å². The number of rotatable bonds is 7. The summed E-state index contributed by atoms with van der Waals surface area (Å²) >= 11 is 0. The number of fused-ring (bicyclic) bond motifs is 3. The fourth-order valence-corrected chi connectivity index (χ4v) is 3.44. The number of nitrogens with one attached hydrogen (secondary N) is 2. The largest absolute Gasteiger partial charge is 0.497 e. The van der Waals surface area contributed by atoms with Gasteiger partial charge in [0.2, 0.25) is 5.91 Å². The number of ether oxygens (including phenoxy) is 2. The minimum atomic E-state index is -0.380. The molecule has 0 atom stereocenters. The van der Waals surface area contributed by atoms with Crippen molar-refractivity contribution in [2.75, 3.05) is 19.5 Å². The van der Waals surface area contributed by atoms with E-state index in [2.05, 4.69) is 15.8 Å². The van der Waals surface area contributed by atoms with Crippen LogP contribution in [-0.2, 0) is 4.79 Å². The fourth-order valence-electron chi connectivity index (χ4n) is 3.44. The summed E-state index contributed by atoms with van der Waals surface area (Å²) in [6, 6.07) is 17.9. The summed E-state index contributed by atoms with van der Waals surface area (Å²) in [6.07, 6.45) is -0.00971. The fraction of sp³-hybridized carbons (Fsp3) is 0.160. The first-order valence-electron chi connectivity index (χ1n) is 10.2. The molecule has 4 aromatic rings. The lowest BCUT2D eigenvalue weighted by atomic mass is 10.1. The standard InChI is InChI=1S/C25H23N3O5/c1-15(27-28-25(30)16-8-10-17(31-2)11-9-16)12-24(29)26-20-14-22-19(13-23(20)32-3)18-6-4-5-7-21(18)33-22/h4-11,13-14H,12H2,1-3H3,(H,26,29)(H,28,30). The maximum atomic E-state index is 12.6. The van der Waals surface area contributed by atoms with Crippen LogP contribution in [0.3, 0.4) is 0 Å². The molecule has 0 spiro atoms. The van der Waals surface area contributed by atoms with Crippen molar-refractivity contribution in [3.05, 3.63) is 66.2 Å². The summed E-state index contributed by atoms with van der Waals surface area (Å²) in [7, 11) is 3.10. The van der Waals surface area contributed by atoms with Crippen LogP contribution in [0.1, 0.15) is 23.7 Å². The third-order valence-electron chi connectivity index (χ3n) is 5.09. The summed E-state index contributed by atoms with van der Waals surface area (Å²) in [5.41, 5.74) is 5.22. The first-order chi connectivity index (χ1) is 16.0. The zero-order valence-corrected chi connectivity index (χ0v) is 18.5. The highest BCUT2D eigenvalue weighted by atomic mass is 16.5. The van der Waals surface area contributed by atoms with Crippen molar-refractivity contribution in [3.8, 4) is 11.5 Å². The zero-order valence-electron chi connectivity index (χ0n) is 18.5. The van der Waals surface area contributed by atoms with E-state index >= 15 is 0 Å². The highest BCUT2D eigenvalue weighted by Gasteiger charge is 2.15. The average Bonchev–Trinajstić information content (AvgIpc) is 3.19. The highest BCUT2D eigenvalue weighted by Crippen LogP contribution is 2.36. The Morgan fingerprint density at radius 3 is 2.42 bits per heavy atom. The van der Waals surface area contributed by atoms with Crippen molar-refractivity contribution in [1.29, 1.82) is 0 Å². The van der Waals surface area contributed by atoms with Gasteiger partial charge in [-0.15, -0.1) is 0 Å². The lowest BCUT2D eigenvalue weighted by Crippen LogP contribution is -2.21. The summed E-state index contributed by atoms with van der Waals surface area (Å²) < 4.78 is 16.4. The van der Waals surface area contributed by atoms with Crippen LogP contribution in [0.4, 0.5) is 5.69 Å². The number of amides is 2. The number of furan rings is 1. The molecule has 0 aliphatic rings. The average molecular weight is 445 g/mol. The van der Waals surface area contributed by atoms with Gasteiger partial charge in [-0.25, -0.2) is 5.43 Å². The normalized spacial score (nSPS) is 11.4. The third-order valence-corrected chi connectivity index (χ3v) is 5.09. The van der Waals surface area contributed by atoms with E-state index in [0.29, 0.717) is 34.0 Å². The van der Waals surface area contributed by atoms with Crippen molar-refractivity contribution >= 4 is 45.2 Å². The Hall–Kier alpha value is -4.33. The lowest BCUT2D eigenvalue weighted by molar-refractivity contribution is -0.115. The molecule has 33 heavy (non-hydrogen) atoms. The molecular weight excluding hydrogens is 422 g/mol. The molecule has 8 heteroatoms. The van der Waals surface area contributed by atoms with E-state index in [4.69, 9.17) is 13.9 Å². The van der Waals surface area contributed by atoms with Crippen molar-refractivity contribution in [1.82, 2.24) is 5.43 Å². The summed E-state index contributed by atoms with van der Waals surface area (Å²) in [4.78, 5) is 24.8. The molecule has 0 bridgehead atoms. The van der Waals surface area contributed by atoms with Gasteiger partial charge in [0.25, 0.3) is 5.91 Å². The van der Waals surface area contributed by atoms with Crippen LogP contribution in [0.2, 0.25) is 0 Å². The molecule has 0 radical (unpaired) electrons. The van der Waals surface area contributed by atoms with E-state index in [1.165, 1.54) is 0 Å². The Morgan fingerprint density at radius 2 is 1.70 bits per heavy atom. The number of hydrogen-bond donors (Lipinski definition) is 2. The second-order valence-electron chi connectivity index (χ2n) is 7.39. The number of hydrogen-bond acceptors (Lipinski definition) is 6. The monoisotopic (exact) mass is 445 g/mol. The van der Waals surface area contributed by atoms with E-state index in [-0.39, 0.29) is 18.2 Å². The van der Waals surface area contributed by atoms with Gasteiger partial charge in [0.15, 0.2) is 0 Å². The minimum Gasteiger partial charge on any atom is -0.497 e. The van der Waals surface area contributed by atoms with Gasteiger partial charge in [0.1, 0.15) is 22.7 Å². The van der Waals surface area contributed by atoms with E-state index in [1.54, 1.807) is 51.5 Å². The van der Waals surface area contributed by atoms with Crippen LogP contribution in [0.25, 0.3) is 21.9 Å². The smallest absolute Gasteiger partial charge is 0.271 e. The molecule has 4 rings (SSSR count). The van der Waals surface area contributed by atoms with E-state index in [9.17, 15) is 9.59 Å². The first kappa shape index (κ1) is 21.9. The molecule has 8 nitrogen and oxygen atoms in total. The lowest BCUT2D eigenvalue weighted by Gasteiger charge is -2.10. The number of benzene rings is 3. The Kier molecular flexibility index (Phi) is 6.26. The summed E-state index contributed by atoms with van der Waals surface area (Å²) in [6.45, 7) is 1.66.